The number of halogens is 1. The number of carbonyl (C=O) groups is 1. The van der Waals surface area contributed by atoms with Crippen LogP contribution in [0.15, 0.2) is 18.2 Å². The predicted octanol–water partition coefficient (Wildman–Crippen LogP) is 2.11. The molecule has 0 radical (unpaired) electrons. The van der Waals surface area contributed by atoms with Crippen LogP contribution in [0.4, 0.5) is 10.1 Å². The van der Waals surface area contributed by atoms with Crippen molar-refractivity contribution in [2.24, 2.45) is 5.92 Å². The van der Waals surface area contributed by atoms with Gasteiger partial charge in [0.05, 0.1) is 11.3 Å². The number of likely N-dealkylation sites (N-methyl/N-ethyl adjacent to an activating group) is 1. The molecule has 1 unspecified atom stereocenters. The molecule has 1 amide bonds. The summed E-state index contributed by atoms with van der Waals surface area (Å²) >= 11 is 0. The fourth-order valence-electron chi connectivity index (χ4n) is 2.19. The van der Waals surface area contributed by atoms with Gasteiger partial charge < -0.3 is 16.0 Å². The van der Waals surface area contributed by atoms with Crippen LogP contribution in [0.1, 0.15) is 30.6 Å². The molecule has 112 valence electrons. The zero-order chi connectivity index (χ0) is 15.3. The molecule has 5 heteroatoms. The molecule has 3 N–H and O–H groups in total. The Morgan fingerprint density at radius 2 is 2.05 bits per heavy atom. The maximum atomic E-state index is 13.4. The van der Waals surface area contributed by atoms with Crippen molar-refractivity contribution in [2.45, 2.75) is 26.3 Å². The van der Waals surface area contributed by atoms with Gasteiger partial charge in [-0.3, -0.25) is 4.79 Å². The Balaban J connectivity index is 2.81. The van der Waals surface area contributed by atoms with Crippen LogP contribution in [-0.4, -0.2) is 37.5 Å². The smallest absolute Gasteiger partial charge is 0.253 e. The number of rotatable bonds is 6. The SMILES string of the molecule is CC(C)CC(CN(C)C)NC(=O)c1cccc(F)c1N. The maximum Gasteiger partial charge on any atom is 0.253 e. The topological polar surface area (TPSA) is 58.4 Å². The third kappa shape index (κ3) is 4.81. The molecule has 0 spiro atoms. The number of nitrogen functional groups attached to an aromatic ring is 1. The normalized spacial score (nSPS) is 12.8. The van der Waals surface area contributed by atoms with Gasteiger partial charge in [0.25, 0.3) is 5.91 Å². The summed E-state index contributed by atoms with van der Waals surface area (Å²) in [4.78, 5) is 14.2. The molecule has 0 aromatic heterocycles. The highest BCUT2D eigenvalue weighted by Crippen LogP contribution is 2.16. The number of carbonyl (C=O) groups excluding carboxylic acids is 1. The maximum absolute atomic E-state index is 13.4. The summed E-state index contributed by atoms with van der Waals surface area (Å²) in [5, 5.41) is 2.94. The summed E-state index contributed by atoms with van der Waals surface area (Å²) in [5.74, 6) is -0.426. The Bertz CT molecular complexity index is 450. The zero-order valence-corrected chi connectivity index (χ0v) is 12.6. The van der Waals surface area contributed by atoms with Crippen molar-refractivity contribution in [3.63, 3.8) is 0 Å². The minimum Gasteiger partial charge on any atom is -0.396 e. The number of hydrogen-bond donors (Lipinski definition) is 2. The molecular weight excluding hydrogens is 257 g/mol. The minimum atomic E-state index is -0.564. The molecule has 0 saturated heterocycles. The van der Waals surface area contributed by atoms with E-state index in [1.807, 2.05) is 19.0 Å². The minimum absolute atomic E-state index is 0.0140. The molecule has 0 heterocycles. The van der Waals surface area contributed by atoms with Gasteiger partial charge in [0.15, 0.2) is 0 Å². The van der Waals surface area contributed by atoms with Crippen molar-refractivity contribution in [1.29, 1.82) is 0 Å². The Hall–Kier alpha value is -1.62. The van der Waals surface area contributed by atoms with E-state index in [1.54, 1.807) is 0 Å². The summed E-state index contributed by atoms with van der Waals surface area (Å²) in [6.07, 6.45) is 0.860. The molecule has 1 rings (SSSR count). The van der Waals surface area contributed by atoms with Gasteiger partial charge in [-0.1, -0.05) is 19.9 Å². The summed E-state index contributed by atoms with van der Waals surface area (Å²) in [5.41, 5.74) is 5.71. The van der Waals surface area contributed by atoms with Crippen LogP contribution < -0.4 is 11.1 Å². The summed E-state index contributed by atoms with van der Waals surface area (Å²) in [6.45, 7) is 4.94. The fraction of sp³-hybridized carbons (Fsp3) is 0.533. The number of benzene rings is 1. The van der Waals surface area contributed by atoms with Crippen LogP contribution in [0.2, 0.25) is 0 Å². The van der Waals surface area contributed by atoms with Crippen LogP contribution in [-0.2, 0) is 0 Å². The standard InChI is InChI=1S/C15H24FN3O/c1-10(2)8-11(9-19(3)4)18-15(20)12-6-5-7-13(16)14(12)17/h5-7,10-11H,8-9,17H2,1-4H3,(H,18,20). The molecule has 0 saturated carbocycles. The van der Waals surface area contributed by atoms with Crippen molar-refractivity contribution >= 4 is 11.6 Å². The van der Waals surface area contributed by atoms with Crippen LogP contribution in [0.25, 0.3) is 0 Å². The van der Waals surface area contributed by atoms with E-state index in [-0.39, 0.29) is 23.2 Å². The third-order valence-electron chi connectivity index (χ3n) is 2.97. The monoisotopic (exact) mass is 281 g/mol. The van der Waals surface area contributed by atoms with E-state index in [2.05, 4.69) is 19.2 Å². The second-order valence-corrected chi connectivity index (χ2v) is 5.76. The van der Waals surface area contributed by atoms with Gasteiger partial charge in [-0.2, -0.15) is 0 Å². The Morgan fingerprint density at radius 3 is 2.60 bits per heavy atom. The molecule has 0 fully saturated rings. The first-order valence-corrected chi connectivity index (χ1v) is 6.80. The van der Waals surface area contributed by atoms with E-state index in [4.69, 9.17) is 5.73 Å². The van der Waals surface area contributed by atoms with Crippen molar-refractivity contribution < 1.29 is 9.18 Å². The van der Waals surface area contributed by atoms with Gasteiger partial charge in [-0.25, -0.2) is 4.39 Å². The number of nitrogens with zero attached hydrogens (tertiary/aromatic N) is 1. The zero-order valence-electron chi connectivity index (χ0n) is 12.6. The highest BCUT2D eigenvalue weighted by molar-refractivity contribution is 5.99. The molecule has 1 aromatic rings. The molecule has 0 aliphatic rings. The van der Waals surface area contributed by atoms with Crippen LogP contribution in [0, 0.1) is 11.7 Å². The number of hydrogen-bond acceptors (Lipinski definition) is 3. The molecule has 1 atom stereocenters. The summed E-state index contributed by atoms with van der Waals surface area (Å²) in [7, 11) is 3.91. The molecule has 0 bridgehead atoms. The molecule has 20 heavy (non-hydrogen) atoms. The van der Waals surface area contributed by atoms with Gasteiger partial charge in [0.2, 0.25) is 0 Å². The van der Waals surface area contributed by atoms with Crippen molar-refractivity contribution in [2.75, 3.05) is 26.4 Å². The first-order valence-electron chi connectivity index (χ1n) is 6.80. The molecular formula is C15H24FN3O. The Labute approximate surface area is 120 Å². The van der Waals surface area contributed by atoms with Gasteiger partial charge >= 0.3 is 0 Å². The lowest BCUT2D eigenvalue weighted by Crippen LogP contribution is -2.42. The first-order chi connectivity index (χ1) is 9.31. The van der Waals surface area contributed by atoms with Crippen molar-refractivity contribution in [3.05, 3.63) is 29.6 Å². The number of amides is 1. The fourth-order valence-corrected chi connectivity index (χ4v) is 2.19. The van der Waals surface area contributed by atoms with Gasteiger partial charge in [0, 0.05) is 12.6 Å². The van der Waals surface area contributed by atoms with Crippen LogP contribution >= 0.6 is 0 Å². The van der Waals surface area contributed by atoms with Crippen LogP contribution in [0.5, 0.6) is 0 Å². The van der Waals surface area contributed by atoms with Gasteiger partial charge in [-0.15, -0.1) is 0 Å². The van der Waals surface area contributed by atoms with Gasteiger partial charge in [0.1, 0.15) is 5.82 Å². The predicted molar refractivity (Wildman–Crippen MR) is 80.1 cm³/mol. The average Bonchev–Trinajstić information content (AvgIpc) is 2.30. The van der Waals surface area contributed by atoms with E-state index in [0.29, 0.717) is 5.92 Å². The van der Waals surface area contributed by atoms with Crippen molar-refractivity contribution in [3.8, 4) is 0 Å². The second-order valence-electron chi connectivity index (χ2n) is 5.76. The van der Waals surface area contributed by atoms with E-state index in [0.717, 1.165) is 13.0 Å². The lowest BCUT2D eigenvalue weighted by Gasteiger charge is -2.24. The van der Waals surface area contributed by atoms with Gasteiger partial charge in [-0.05, 0) is 38.6 Å². The molecule has 1 aromatic carbocycles. The molecule has 0 aliphatic heterocycles. The number of para-hydroxylation sites is 1. The highest BCUT2D eigenvalue weighted by Gasteiger charge is 2.18. The van der Waals surface area contributed by atoms with Crippen molar-refractivity contribution in [1.82, 2.24) is 10.2 Å². The second kappa shape index (κ2) is 7.24. The van der Waals surface area contributed by atoms with E-state index in [1.165, 1.54) is 18.2 Å². The number of nitrogens with one attached hydrogen (secondary N) is 1. The highest BCUT2D eigenvalue weighted by atomic mass is 19.1. The van der Waals surface area contributed by atoms with E-state index >= 15 is 0 Å². The first kappa shape index (κ1) is 16.4. The Morgan fingerprint density at radius 1 is 1.40 bits per heavy atom. The lowest BCUT2D eigenvalue weighted by molar-refractivity contribution is 0.0925. The van der Waals surface area contributed by atoms with E-state index < -0.39 is 5.82 Å². The Kier molecular flexibility index (Phi) is 5.95. The van der Waals surface area contributed by atoms with Crippen LogP contribution in [0.3, 0.4) is 0 Å². The quantitative estimate of drug-likeness (QED) is 0.785. The molecule has 4 nitrogen and oxygen atoms in total. The van der Waals surface area contributed by atoms with E-state index in [9.17, 15) is 9.18 Å². The third-order valence-corrected chi connectivity index (χ3v) is 2.97. The molecule has 0 aliphatic carbocycles. The largest absolute Gasteiger partial charge is 0.396 e. The average molecular weight is 281 g/mol. The number of nitrogens with two attached hydrogens (primary N) is 1. The summed E-state index contributed by atoms with van der Waals surface area (Å²) in [6, 6.07) is 4.29. The lowest BCUT2D eigenvalue weighted by atomic mass is 10.0. The summed E-state index contributed by atoms with van der Waals surface area (Å²) < 4.78 is 13.4. The number of anilines is 1.